The van der Waals surface area contributed by atoms with Gasteiger partial charge in [-0.3, -0.25) is 9.59 Å². The highest BCUT2D eigenvalue weighted by molar-refractivity contribution is 5.93. The average molecular weight is 487 g/mol. The first-order valence-electron chi connectivity index (χ1n) is 11.6. The van der Waals surface area contributed by atoms with Crippen LogP contribution in [-0.2, 0) is 14.3 Å². The number of esters is 1. The van der Waals surface area contributed by atoms with Crippen molar-refractivity contribution in [3.05, 3.63) is 53.8 Å². The molecule has 0 aliphatic heterocycles. The van der Waals surface area contributed by atoms with Gasteiger partial charge in [-0.2, -0.15) is 0 Å². The van der Waals surface area contributed by atoms with Crippen molar-refractivity contribution in [1.29, 1.82) is 0 Å². The fourth-order valence-corrected chi connectivity index (χ4v) is 4.04. The van der Waals surface area contributed by atoms with Crippen LogP contribution < -0.4 is 20.1 Å². The van der Waals surface area contributed by atoms with Crippen LogP contribution in [0, 0.1) is 17.7 Å². The van der Waals surface area contributed by atoms with Gasteiger partial charge >= 0.3 is 5.97 Å². The molecule has 0 heterocycles. The smallest absolute Gasteiger partial charge is 0.338 e. The maximum Gasteiger partial charge on any atom is 0.338 e. The van der Waals surface area contributed by atoms with Crippen LogP contribution in [0.5, 0.6) is 11.5 Å². The topological polar surface area (TPSA) is 103 Å². The van der Waals surface area contributed by atoms with E-state index in [1.54, 1.807) is 0 Å². The van der Waals surface area contributed by atoms with Crippen molar-refractivity contribution in [2.45, 2.75) is 39.2 Å². The molecule has 0 spiro atoms. The molecular weight excluding hydrogens is 455 g/mol. The van der Waals surface area contributed by atoms with Crippen molar-refractivity contribution in [3.63, 3.8) is 0 Å². The highest BCUT2D eigenvalue weighted by Crippen LogP contribution is 2.30. The number of hydrogen-bond donors (Lipinski definition) is 2. The molecule has 1 saturated carbocycles. The van der Waals surface area contributed by atoms with Crippen LogP contribution in [0.3, 0.4) is 0 Å². The Morgan fingerprint density at radius 1 is 0.971 bits per heavy atom. The largest absolute Gasteiger partial charge is 0.493 e. The molecule has 1 aliphatic rings. The third kappa shape index (κ3) is 7.43. The van der Waals surface area contributed by atoms with Crippen LogP contribution in [0.1, 0.15) is 43.5 Å². The molecule has 188 valence electrons. The summed E-state index contributed by atoms with van der Waals surface area (Å²) in [6.07, 6.45) is 3.15. The summed E-state index contributed by atoms with van der Waals surface area (Å²) >= 11 is 0. The van der Waals surface area contributed by atoms with E-state index >= 15 is 0 Å². The zero-order valence-corrected chi connectivity index (χ0v) is 20.1. The summed E-state index contributed by atoms with van der Waals surface area (Å²) < 4.78 is 28.9. The first-order valence-corrected chi connectivity index (χ1v) is 11.6. The Hall–Kier alpha value is -3.62. The Morgan fingerprint density at radius 3 is 2.43 bits per heavy atom. The van der Waals surface area contributed by atoms with Crippen molar-refractivity contribution in [1.82, 2.24) is 5.32 Å². The Bertz CT molecular complexity index is 1040. The van der Waals surface area contributed by atoms with E-state index in [2.05, 4.69) is 24.5 Å². The van der Waals surface area contributed by atoms with Crippen LogP contribution in [0.2, 0.25) is 0 Å². The lowest BCUT2D eigenvalue weighted by Crippen LogP contribution is -2.45. The summed E-state index contributed by atoms with van der Waals surface area (Å²) in [5.41, 5.74) is 0.610. The Labute approximate surface area is 204 Å². The number of halogens is 1. The lowest BCUT2D eigenvalue weighted by Gasteiger charge is -2.34. The molecule has 0 radical (unpaired) electrons. The van der Waals surface area contributed by atoms with Crippen molar-refractivity contribution < 1.29 is 33.0 Å². The molecule has 35 heavy (non-hydrogen) atoms. The molecule has 2 aromatic carbocycles. The molecule has 2 aromatic rings. The summed E-state index contributed by atoms with van der Waals surface area (Å²) in [5, 5.41) is 5.55. The molecule has 3 rings (SSSR count). The van der Waals surface area contributed by atoms with E-state index in [1.165, 1.54) is 49.6 Å². The number of hydrogen-bond acceptors (Lipinski definition) is 6. The molecule has 8 nitrogen and oxygen atoms in total. The SMILES string of the molecule is COc1cc(C(=O)OCC(=O)N[C@@H]2CCC[C@@H](C)[C@@H]2C)ccc1OCC(=O)Nc1ccc(F)cc1. The second kappa shape index (κ2) is 12.2. The molecule has 0 aromatic heterocycles. The number of anilines is 1. The Balaban J connectivity index is 1.50. The first-order chi connectivity index (χ1) is 16.8. The quantitative estimate of drug-likeness (QED) is 0.521. The fourth-order valence-electron chi connectivity index (χ4n) is 4.04. The lowest BCUT2D eigenvalue weighted by molar-refractivity contribution is -0.125. The van der Waals surface area contributed by atoms with Crippen LogP contribution in [0.25, 0.3) is 0 Å². The predicted octanol–water partition coefficient (Wildman–Crippen LogP) is 3.95. The van der Waals surface area contributed by atoms with Crippen molar-refractivity contribution in [3.8, 4) is 11.5 Å². The van der Waals surface area contributed by atoms with E-state index in [0.717, 1.165) is 19.3 Å². The van der Waals surface area contributed by atoms with Crippen molar-refractivity contribution in [2.75, 3.05) is 25.6 Å². The van der Waals surface area contributed by atoms with E-state index in [9.17, 15) is 18.8 Å². The van der Waals surface area contributed by atoms with E-state index in [0.29, 0.717) is 17.5 Å². The van der Waals surface area contributed by atoms with Gasteiger partial charge in [0.1, 0.15) is 5.82 Å². The van der Waals surface area contributed by atoms with Crippen LogP contribution in [-0.4, -0.2) is 44.1 Å². The normalized spacial score (nSPS) is 19.4. The summed E-state index contributed by atoms with van der Waals surface area (Å²) in [5.74, 6) is -0.476. The zero-order valence-electron chi connectivity index (χ0n) is 20.1. The number of amides is 2. The monoisotopic (exact) mass is 486 g/mol. The van der Waals surface area contributed by atoms with Gasteiger partial charge in [0.15, 0.2) is 24.7 Å². The van der Waals surface area contributed by atoms with Gasteiger partial charge in [-0.15, -0.1) is 0 Å². The summed E-state index contributed by atoms with van der Waals surface area (Å²) in [4.78, 5) is 36.8. The number of rotatable bonds is 9. The average Bonchev–Trinajstić information content (AvgIpc) is 2.85. The molecule has 0 bridgehead atoms. The maximum absolute atomic E-state index is 13.0. The van der Waals surface area contributed by atoms with E-state index in [4.69, 9.17) is 14.2 Å². The predicted molar refractivity (Wildman–Crippen MR) is 128 cm³/mol. The number of ether oxygens (including phenoxy) is 3. The van der Waals surface area contributed by atoms with Gasteiger partial charge in [-0.1, -0.05) is 26.7 Å². The van der Waals surface area contributed by atoms with Crippen molar-refractivity contribution in [2.24, 2.45) is 11.8 Å². The van der Waals surface area contributed by atoms with E-state index in [1.807, 2.05) is 0 Å². The van der Waals surface area contributed by atoms with Crippen LogP contribution in [0.4, 0.5) is 10.1 Å². The minimum absolute atomic E-state index is 0.0849. The zero-order chi connectivity index (χ0) is 25.4. The molecule has 3 atom stereocenters. The summed E-state index contributed by atoms with van der Waals surface area (Å²) in [7, 11) is 1.40. The number of methoxy groups -OCH3 is 1. The van der Waals surface area contributed by atoms with Crippen LogP contribution >= 0.6 is 0 Å². The highest BCUT2D eigenvalue weighted by Gasteiger charge is 2.28. The van der Waals surface area contributed by atoms with Crippen LogP contribution in [0.15, 0.2) is 42.5 Å². The molecule has 1 fully saturated rings. The number of benzene rings is 2. The fraction of sp³-hybridized carbons (Fsp3) is 0.423. The van der Waals surface area contributed by atoms with Gasteiger partial charge in [-0.25, -0.2) is 9.18 Å². The third-order valence-electron chi connectivity index (χ3n) is 6.27. The maximum atomic E-state index is 13.0. The molecule has 2 amide bonds. The van der Waals surface area contributed by atoms with Gasteiger partial charge in [-0.05, 0) is 60.7 Å². The molecule has 0 saturated heterocycles. The molecule has 2 N–H and O–H groups in total. The summed E-state index contributed by atoms with van der Waals surface area (Å²) in [6, 6.07) is 9.78. The second-order valence-electron chi connectivity index (χ2n) is 8.73. The van der Waals surface area contributed by atoms with Gasteiger partial charge < -0.3 is 24.8 Å². The standard InChI is InChI=1S/C26H31FN2O6/c1-16-5-4-6-21(17(16)2)29-25(31)15-35-26(32)18-7-12-22(23(13-18)33-3)34-14-24(30)28-20-10-8-19(27)9-11-20/h7-13,16-17,21H,4-6,14-15H2,1-3H3,(H,28,30)(H,29,31)/t16-,17+,21-/m1/s1. The molecule has 1 aliphatic carbocycles. The lowest BCUT2D eigenvalue weighted by atomic mass is 9.78. The third-order valence-corrected chi connectivity index (χ3v) is 6.27. The molecule has 0 unspecified atom stereocenters. The van der Waals surface area contributed by atoms with E-state index < -0.39 is 17.7 Å². The van der Waals surface area contributed by atoms with Gasteiger partial charge in [0, 0.05) is 11.7 Å². The van der Waals surface area contributed by atoms with Gasteiger partial charge in [0.05, 0.1) is 12.7 Å². The number of carbonyl (C=O) groups is 3. The molecular formula is C26H31FN2O6. The number of carbonyl (C=O) groups excluding carboxylic acids is 3. The van der Waals surface area contributed by atoms with Gasteiger partial charge in [0.25, 0.3) is 11.8 Å². The van der Waals surface area contributed by atoms with Crippen molar-refractivity contribution >= 4 is 23.5 Å². The number of nitrogens with one attached hydrogen (secondary N) is 2. The first kappa shape index (κ1) is 26.0. The highest BCUT2D eigenvalue weighted by atomic mass is 19.1. The minimum atomic E-state index is -0.677. The summed E-state index contributed by atoms with van der Waals surface area (Å²) in [6.45, 7) is 3.61. The molecule has 9 heteroatoms. The van der Waals surface area contributed by atoms with Gasteiger partial charge in [0.2, 0.25) is 0 Å². The van der Waals surface area contributed by atoms with E-state index in [-0.39, 0.29) is 42.2 Å². The Morgan fingerprint density at radius 2 is 1.71 bits per heavy atom. The minimum Gasteiger partial charge on any atom is -0.493 e. The Kier molecular flexibility index (Phi) is 9.05. The second-order valence-corrected chi connectivity index (χ2v) is 8.73.